The minimum absolute atomic E-state index is 0.0975. The molecule has 1 amide bonds. The van der Waals surface area contributed by atoms with E-state index in [0.717, 1.165) is 34.1 Å². The molecule has 0 spiro atoms. The molecule has 0 aliphatic heterocycles. The molecule has 136 valence electrons. The molecule has 1 saturated carbocycles. The Bertz CT molecular complexity index is 758. The van der Waals surface area contributed by atoms with Gasteiger partial charge in [-0.05, 0) is 60.7 Å². The van der Waals surface area contributed by atoms with E-state index < -0.39 is 0 Å². The largest absolute Gasteiger partial charge is 0.464 e. The van der Waals surface area contributed by atoms with Crippen LogP contribution in [-0.2, 0) is 15.3 Å². The van der Waals surface area contributed by atoms with Crippen molar-refractivity contribution >= 4 is 35.2 Å². The van der Waals surface area contributed by atoms with Gasteiger partial charge in [0.05, 0.1) is 6.61 Å². The molecular weight excluding hydrogens is 370 g/mol. The molecule has 1 fully saturated rings. The quantitative estimate of drug-likeness (QED) is 0.539. The summed E-state index contributed by atoms with van der Waals surface area (Å²) in [5.41, 5.74) is 1.64. The number of amides is 1. The van der Waals surface area contributed by atoms with E-state index in [1.165, 1.54) is 0 Å². The number of hydrogen-bond donors (Lipinski definition) is 1. The van der Waals surface area contributed by atoms with Crippen LogP contribution in [0.4, 0.5) is 0 Å². The average Bonchev–Trinajstić information content (AvgIpc) is 3.49. The third-order valence-electron chi connectivity index (χ3n) is 4.01. The van der Waals surface area contributed by atoms with Crippen LogP contribution in [0.5, 0.6) is 0 Å². The molecule has 0 unspecified atom stereocenters. The first-order chi connectivity index (χ1) is 12.6. The van der Waals surface area contributed by atoms with Crippen LogP contribution >= 0.6 is 23.4 Å². The fraction of sp³-hybridized carbons (Fsp3) is 0.300. The number of carbonyl (C=O) groups excluding carboxylic acids is 2. The van der Waals surface area contributed by atoms with Crippen molar-refractivity contribution in [3.05, 3.63) is 64.7 Å². The number of thioether (sulfide) groups is 1. The third-order valence-corrected chi connectivity index (χ3v) is 5.34. The van der Waals surface area contributed by atoms with E-state index in [0.29, 0.717) is 18.1 Å². The lowest BCUT2D eigenvalue weighted by molar-refractivity contribution is -0.142. The standard InChI is InChI=1S/C20H20ClNO3S/c21-17-7-9-18(10-8-17)26-13-15-3-5-16(6-4-15)20(24)22-11-19(23)25-12-14-1-2-14/h3-10,14H,1-2,11-13H2,(H,22,24). The molecule has 1 aliphatic carbocycles. The second-order valence-electron chi connectivity index (χ2n) is 6.25. The molecule has 0 bridgehead atoms. The molecule has 2 aromatic rings. The fourth-order valence-corrected chi connectivity index (χ4v) is 3.23. The number of nitrogens with one attached hydrogen (secondary N) is 1. The maximum atomic E-state index is 12.1. The van der Waals surface area contributed by atoms with Crippen LogP contribution in [0.25, 0.3) is 0 Å². The number of carbonyl (C=O) groups is 2. The molecule has 0 radical (unpaired) electrons. The Kier molecular flexibility index (Phi) is 6.58. The van der Waals surface area contributed by atoms with Crippen molar-refractivity contribution in [2.45, 2.75) is 23.5 Å². The van der Waals surface area contributed by atoms with Crippen molar-refractivity contribution < 1.29 is 14.3 Å². The molecule has 3 rings (SSSR count). The highest BCUT2D eigenvalue weighted by molar-refractivity contribution is 7.98. The highest BCUT2D eigenvalue weighted by Gasteiger charge is 2.23. The molecular formula is C20H20ClNO3S. The minimum atomic E-state index is -0.388. The predicted molar refractivity (Wildman–Crippen MR) is 103 cm³/mol. The number of hydrogen-bond acceptors (Lipinski definition) is 4. The topological polar surface area (TPSA) is 55.4 Å². The molecule has 26 heavy (non-hydrogen) atoms. The monoisotopic (exact) mass is 389 g/mol. The predicted octanol–water partition coefficient (Wildman–Crippen LogP) is 4.32. The summed E-state index contributed by atoms with van der Waals surface area (Å²) in [6.45, 7) is 0.369. The Morgan fingerprint density at radius 2 is 1.77 bits per heavy atom. The van der Waals surface area contributed by atoms with Crippen molar-refractivity contribution in [3.63, 3.8) is 0 Å². The molecule has 1 aliphatic rings. The molecule has 6 heteroatoms. The number of benzene rings is 2. The minimum Gasteiger partial charge on any atom is -0.464 e. The van der Waals surface area contributed by atoms with Crippen LogP contribution in [0.1, 0.15) is 28.8 Å². The lowest BCUT2D eigenvalue weighted by Gasteiger charge is -2.07. The van der Waals surface area contributed by atoms with Crippen LogP contribution in [0.2, 0.25) is 5.02 Å². The summed E-state index contributed by atoms with van der Waals surface area (Å²) in [7, 11) is 0. The van der Waals surface area contributed by atoms with Gasteiger partial charge in [0.1, 0.15) is 6.54 Å². The number of esters is 1. The van der Waals surface area contributed by atoms with Gasteiger partial charge in [-0.2, -0.15) is 0 Å². The zero-order valence-corrected chi connectivity index (χ0v) is 15.8. The van der Waals surface area contributed by atoms with Gasteiger partial charge in [-0.3, -0.25) is 9.59 Å². The van der Waals surface area contributed by atoms with E-state index in [1.807, 2.05) is 36.4 Å². The van der Waals surface area contributed by atoms with Crippen LogP contribution in [0, 0.1) is 5.92 Å². The molecule has 0 heterocycles. The van der Waals surface area contributed by atoms with E-state index in [2.05, 4.69) is 5.32 Å². The van der Waals surface area contributed by atoms with Gasteiger partial charge in [0.25, 0.3) is 5.91 Å². The summed E-state index contributed by atoms with van der Waals surface area (Å²) >= 11 is 7.58. The van der Waals surface area contributed by atoms with Crippen molar-refractivity contribution in [1.29, 1.82) is 0 Å². The molecule has 2 aromatic carbocycles. The first-order valence-corrected chi connectivity index (χ1v) is 9.87. The smallest absolute Gasteiger partial charge is 0.325 e. The summed E-state index contributed by atoms with van der Waals surface area (Å²) in [5, 5.41) is 3.32. The second-order valence-corrected chi connectivity index (χ2v) is 7.73. The van der Waals surface area contributed by atoms with Crippen molar-refractivity contribution in [2.75, 3.05) is 13.2 Å². The Morgan fingerprint density at radius 3 is 2.42 bits per heavy atom. The van der Waals surface area contributed by atoms with Gasteiger partial charge in [0.15, 0.2) is 0 Å². The molecule has 4 nitrogen and oxygen atoms in total. The van der Waals surface area contributed by atoms with Gasteiger partial charge in [0, 0.05) is 21.2 Å². The number of rotatable bonds is 8. The molecule has 0 saturated heterocycles. The Morgan fingerprint density at radius 1 is 1.08 bits per heavy atom. The molecule has 0 aromatic heterocycles. The Hall–Kier alpha value is -1.98. The van der Waals surface area contributed by atoms with Gasteiger partial charge in [-0.25, -0.2) is 0 Å². The summed E-state index contributed by atoms with van der Waals surface area (Å²) in [5.74, 6) is 0.663. The first kappa shape index (κ1) is 18.8. The van der Waals surface area contributed by atoms with Gasteiger partial charge in [-0.1, -0.05) is 23.7 Å². The highest BCUT2D eigenvalue weighted by Crippen LogP contribution is 2.28. The summed E-state index contributed by atoms with van der Waals surface area (Å²) in [6, 6.07) is 15.1. The third kappa shape index (κ3) is 6.07. The Labute approximate surface area is 162 Å². The lowest BCUT2D eigenvalue weighted by Crippen LogP contribution is -2.30. The van der Waals surface area contributed by atoms with E-state index in [-0.39, 0.29) is 18.4 Å². The molecule has 0 atom stereocenters. The normalized spacial score (nSPS) is 13.3. The van der Waals surface area contributed by atoms with Crippen LogP contribution in [0.3, 0.4) is 0 Å². The molecule has 1 N–H and O–H groups in total. The summed E-state index contributed by atoms with van der Waals surface area (Å²) < 4.78 is 5.09. The number of halogens is 1. The van der Waals surface area contributed by atoms with Crippen molar-refractivity contribution in [1.82, 2.24) is 5.32 Å². The first-order valence-electron chi connectivity index (χ1n) is 8.51. The fourth-order valence-electron chi connectivity index (χ4n) is 2.25. The van der Waals surface area contributed by atoms with Gasteiger partial charge >= 0.3 is 5.97 Å². The van der Waals surface area contributed by atoms with Gasteiger partial charge in [0.2, 0.25) is 0 Å². The maximum absolute atomic E-state index is 12.1. The lowest BCUT2D eigenvalue weighted by atomic mass is 10.1. The Balaban J connectivity index is 1.43. The van der Waals surface area contributed by atoms with Gasteiger partial charge in [-0.15, -0.1) is 11.8 Å². The van der Waals surface area contributed by atoms with Crippen LogP contribution < -0.4 is 5.32 Å². The highest BCUT2D eigenvalue weighted by atomic mass is 35.5. The van der Waals surface area contributed by atoms with E-state index in [4.69, 9.17) is 16.3 Å². The average molecular weight is 390 g/mol. The van der Waals surface area contributed by atoms with Crippen molar-refractivity contribution in [3.8, 4) is 0 Å². The van der Waals surface area contributed by atoms with E-state index in [9.17, 15) is 9.59 Å². The van der Waals surface area contributed by atoms with Gasteiger partial charge < -0.3 is 10.1 Å². The SMILES string of the molecule is O=C(CNC(=O)c1ccc(CSc2ccc(Cl)cc2)cc1)OCC1CC1. The van der Waals surface area contributed by atoms with E-state index in [1.54, 1.807) is 23.9 Å². The van der Waals surface area contributed by atoms with E-state index >= 15 is 0 Å². The number of ether oxygens (including phenoxy) is 1. The van der Waals surface area contributed by atoms with Crippen LogP contribution in [0.15, 0.2) is 53.4 Å². The zero-order valence-electron chi connectivity index (χ0n) is 14.2. The summed E-state index contributed by atoms with van der Waals surface area (Å²) in [6.07, 6.45) is 2.25. The van der Waals surface area contributed by atoms with Crippen molar-refractivity contribution in [2.24, 2.45) is 5.92 Å². The maximum Gasteiger partial charge on any atom is 0.325 e. The van der Waals surface area contributed by atoms with Crippen LogP contribution in [-0.4, -0.2) is 25.0 Å². The summed E-state index contributed by atoms with van der Waals surface area (Å²) in [4.78, 5) is 24.8. The zero-order chi connectivity index (χ0) is 18.4. The second kappa shape index (κ2) is 9.10.